The van der Waals surface area contributed by atoms with Crippen LogP contribution in [0.25, 0.3) is 16.6 Å². The quantitative estimate of drug-likeness (QED) is 0.207. The van der Waals surface area contributed by atoms with Crippen LogP contribution in [0.3, 0.4) is 0 Å². The number of methoxy groups -OCH3 is 1. The first-order chi connectivity index (χ1) is 20.1. The summed E-state index contributed by atoms with van der Waals surface area (Å²) in [6.07, 6.45) is 1.83. The number of hydrogen-bond acceptors (Lipinski definition) is 6. The Morgan fingerprint density at radius 3 is 2.50 bits per heavy atom. The number of aliphatic hydroxyl groups is 1. The Hall–Kier alpha value is -4.76. The maximum absolute atomic E-state index is 15.2. The minimum atomic E-state index is -1.10. The van der Waals surface area contributed by atoms with Crippen molar-refractivity contribution in [2.24, 2.45) is 0 Å². The molecule has 0 aliphatic carbocycles. The summed E-state index contributed by atoms with van der Waals surface area (Å²) in [7, 11) is 1.57. The summed E-state index contributed by atoms with van der Waals surface area (Å²) in [6.45, 7) is 5.34. The average Bonchev–Trinajstić information content (AvgIpc) is 3.22. The monoisotopic (exact) mass is 569 g/mol. The van der Waals surface area contributed by atoms with Crippen molar-refractivity contribution in [1.82, 2.24) is 14.3 Å². The number of Topliss-reactive ketones (excluding diaryl/α,β-unsaturated/α-hetero) is 1. The van der Waals surface area contributed by atoms with Crippen LogP contribution in [0.2, 0.25) is 0 Å². The van der Waals surface area contributed by atoms with E-state index in [4.69, 9.17) is 9.47 Å². The van der Waals surface area contributed by atoms with Crippen LogP contribution in [0.1, 0.15) is 41.9 Å². The first-order valence-electron chi connectivity index (χ1n) is 13.6. The fourth-order valence-electron chi connectivity index (χ4n) is 4.87. The number of fused-ring (bicyclic) bond motifs is 1. The fraction of sp³-hybridized carbons (Fsp3) is 0.242. The molecule has 1 N–H and O–H groups in total. The third kappa shape index (κ3) is 5.69. The number of carbonyl (C=O) groups is 1. The lowest BCUT2D eigenvalue weighted by Gasteiger charge is -2.25. The number of carbonyl (C=O) groups excluding carboxylic acids is 1. The Morgan fingerprint density at radius 2 is 1.81 bits per heavy atom. The van der Waals surface area contributed by atoms with Crippen molar-refractivity contribution in [2.75, 3.05) is 7.11 Å². The molecule has 216 valence electrons. The third-order valence-corrected chi connectivity index (χ3v) is 7.42. The Labute approximate surface area is 242 Å². The number of benzene rings is 3. The molecule has 0 bridgehead atoms. The number of nitrogens with zero attached hydrogens (tertiary/aromatic N) is 3. The van der Waals surface area contributed by atoms with Crippen LogP contribution in [0.15, 0.2) is 83.8 Å². The van der Waals surface area contributed by atoms with E-state index in [0.29, 0.717) is 45.8 Å². The van der Waals surface area contributed by atoms with Crippen molar-refractivity contribution in [3.63, 3.8) is 0 Å². The minimum Gasteiger partial charge on any atom is -0.497 e. The van der Waals surface area contributed by atoms with E-state index in [-0.39, 0.29) is 24.3 Å². The highest BCUT2D eigenvalue weighted by Gasteiger charge is 2.28. The lowest BCUT2D eigenvalue weighted by Crippen LogP contribution is -2.34. The Morgan fingerprint density at radius 1 is 1.05 bits per heavy atom. The van der Waals surface area contributed by atoms with Gasteiger partial charge in [-0.25, -0.2) is 9.07 Å². The summed E-state index contributed by atoms with van der Waals surface area (Å²) in [5.41, 5.74) is 0.460. The number of ketones is 1. The smallest absolute Gasteiger partial charge is 0.282 e. The highest BCUT2D eigenvalue weighted by molar-refractivity contribution is 5.98. The number of halogens is 1. The highest BCUT2D eigenvalue weighted by atomic mass is 19.1. The van der Waals surface area contributed by atoms with E-state index in [2.05, 4.69) is 4.98 Å². The predicted molar refractivity (Wildman–Crippen MR) is 158 cm³/mol. The van der Waals surface area contributed by atoms with Crippen LogP contribution < -0.4 is 15.0 Å². The molecule has 0 radical (unpaired) electrons. The van der Waals surface area contributed by atoms with Gasteiger partial charge in [-0.3, -0.25) is 19.3 Å². The molecule has 0 spiro atoms. The molecule has 5 aromatic rings. The van der Waals surface area contributed by atoms with Gasteiger partial charge in [0, 0.05) is 29.8 Å². The van der Waals surface area contributed by atoms with Crippen LogP contribution in [0, 0.1) is 12.7 Å². The normalized spacial score (nSPS) is 12.7. The third-order valence-electron chi connectivity index (χ3n) is 7.42. The molecule has 42 heavy (non-hydrogen) atoms. The molecular formula is C33H32FN3O5. The lowest BCUT2D eigenvalue weighted by atomic mass is 10.0. The number of aromatic nitrogens is 3. The van der Waals surface area contributed by atoms with Gasteiger partial charge in [-0.2, -0.15) is 0 Å². The standard InChI is InChI=1S/C33H32FN3O5/c1-5-33(3,40)20-36-21(2)31(32(39)37(36)23-9-7-6-8-10-23)28(38)18-22-11-14-30(26(34)17-22)42-29-15-16-35-27-19-24(41-4)12-13-25(27)29/h6-17,19,40H,5,18,20H2,1-4H3. The predicted octanol–water partition coefficient (Wildman–Crippen LogP) is 6.02. The van der Waals surface area contributed by atoms with Gasteiger partial charge in [-0.1, -0.05) is 31.2 Å². The largest absolute Gasteiger partial charge is 0.497 e. The zero-order valence-electron chi connectivity index (χ0n) is 23.9. The van der Waals surface area contributed by atoms with E-state index in [1.165, 1.54) is 16.8 Å². The van der Waals surface area contributed by atoms with Crippen molar-refractivity contribution in [2.45, 2.75) is 45.8 Å². The van der Waals surface area contributed by atoms with Crippen molar-refractivity contribution < 1.29 is 23.8 Å². The van der Waals surface area contributed by atoms with Gasteiger partial charge in [0.1, 0.15) is 17.1 Å². The van der Waals surface area contributed by atoms with Gasteiger partial charge in [0.05, 0.1) is 30.5 Å². The van der Waals surface area contributed by atoms with Crippen LogP contribution >= 0.6 is 0 Å². The zero-order chi connectivity index (χ0) is 30.0. The van der Waals surface area contributed by atoms with Gasteiger partial charge in [0.25, 0.3) is 5.56 Å². The number of rotatable bonds is 10. The molecule has 8 nitrogen and oxygen atoms in total. The van der Waals surface area contributed by atoms with Crippen molar-refractivity contribution in [1.29, 1.82) is 0 Å². The molecule has 0 aliphatic rings. The van der Waals surface area contributed by atoms with Gasteiger partial charge in [0.15, 0.2) is 17.3 Å². The van der Waals surface area contributed by atoms with E-state index in [1.54, 1.807) is 86.4 Å². The van der Waals surface area contributed by atoms with Crippen molar-refractivity contribution >= 4 is 16.7 Å². The summed E-state index contributed by atoms with van der Waals surface area (Å²) in [4.78, 5) is 31.5. The number of pyridine rings is 1. The maximum Gasteiger partial charge on any atom is 0.282 e. The SMILES string of the molecule is CCC(C)(O)Cn1c(C)c(C(=O)Cc2ccc(Oc3ccnc4cc(OC)ccc34)c(F)c2)c(=O)n1-c1ccccc1. The molecule has 1 atom stereocenters. The maximum atomic E-state index is 15.2. The van der Waals surface area contributed by atoms with E-state index < -0.39 is 22.8 Å². The van der Waals surface area contributed by atoms with E-state index >= 15 is 4.39 Å². The van der Waals surface area contributed by atoms with Crippen LogP contribution in [-0.4, -0.2) is 37.9 Å². The molecule has 9 heteroatoms. The van der Waals surface area contributed by atoms with E-state index in [0.717, 1.165) is 0 Å². The first kappa shape index (κ1) is 28.8. The summed E-state index contributed by atoms with van der Waals surface area (Å²) in [5.74, 6) is -0.0333. The second-order valence-electron chi connectivity index (χ2n) is 10.5. The summed E-state index contributed by atoms with van der Waals surface area (Å²) in [6, 6.07) is 20.2. The van der Waals surface area contributed by atoms with Gasteiger partial charge in [-0.15, -0.1) is 0 Å². The molecule has 5 rings (SSSR count). The van der Waals surface area contributed by atoms with Crippen LogP contribution in [-0.2, 0) is 13.0 Å². The average molecular weight is 570 g/mol. The second kappa shape index (κ2) is 11.6. The fourth-order valence-corrected chi connectivity index (χ4v) is 4.87. The van der Waals surface area contributed by atoms with Crippen LogP contribution in [0.5, 0.6) is 17.2 Å². The molecule has 0 amide bonds. The van der Waals surface area contributed by atoms with Gasteiger partial charge < -0.3 is 14.6 Å². The Balaban J connectivity index is 1.44. The van der Waals surface area contributed by atoms with E-state index in [9.17, 15) is 14.7 Å². The summed E-state index contributed by atoms with van der Waals surface area (Å²) < 4.78 is 29.4. The molecule has 0 saturated heterocycles. The second-order valence-corrected chi connectivity index (χ2v) is 10.5. The number of para-hydroxylation sites is 1. The topological polar surface area (TPSA) is 95.6 Å². The highest BCUT2D eigenvalue weighted by Crippen LogP contribution is 2.32. The molecule has 0 fully saturated rings. The molecule has 2 aromatic heterocycles. The molecular weight excluding hydrogens is 537 g/mol. The minimum absolute atomic E-state index is 0.00479. The first-order valence-corrected chi connectivity index (χ1v) is 13.6. The molecule has 1 unspecified atom stereocenters. The summed E-state index contributed by atoms with van der Waals surface area (Å²) >= 11 is 0. The Kier molecular flexibility index (Phi) is 7.95. The van der Waals surface area contributed by atoms with Crippen molar-refractivity contribution in [3.05, 3.63) is 112 Å². The number of ether oxygens (including phenoxy) is 2. The van der Waals surface area contributed by atoms with Gasteiger partial charge in [0.2, 0.25) is 0 Å². The molecule has 0 aliphatic heterocycles. The van der Waals surface area contributed by atoms with Crippen LogP contribution in [0.4, 0.5) is 4.39 Å². The van der Waals surface area contributed by atoms with E-state index in [1.807, 2.05) is 13.0 Å². The summed E-state index contributed by atoms with van der Waals surface area (Å²) in [5, 5.41) is 11.5. The zero-order valence-corrected chi connectivity index (χ0v) is 23.9. The van der Waals surface area contributed by atoms with Gasteiger partial charge in [-0.05, 0) is 68.3 Å². The molecule has 0 saturated carbocycles. The number of hydrogen-bond donors (Lipinski definition) is 1. The molecule has 3 aromatic carbocycles. The van der Waals surface area contributed by atoms with Crippen molar-refractivity contribution in [3.8, 4) is 22.9 Å². The van der Waals surface area contributed by atoms with Gasteiger partial charge >= 0.3 is 0 Å². The molecule has 2 heterocycles. The Bertz CT molecular complexity index is 1830. The lowest BCUT2D eigenvalue weighted by molar-refractivity contribution is 0.0317.